The third-order valence-corrected chi connectivity index (χ3v) is 4.61. The van der Waals surface area contributed by atoms with E-state index in [0.29, 0.717) is 13.1 Å². The lowest BCUT2D eigenvalue weighted by Gasteiger charge is -2.11. The highest BCUT2D eigenvalue weighted by Gasteiger charge is 2.06. The van der Waals surface area contributed by atoms with Gasteiger partial charge in [-0.05, 0) is 43.5 Å². The van der Waals surface area contributed by atoms with E-state index in [0.717, 1.165) is 37.5 Å². The second-order valence-corrected chi connectivity index (χ2v) is 7.31. The maximum Gasteiger partial charge on any atom is 0.238 e. The molecular weight excluding hydrogens is 352 g/mol. The molecule has 0 aliphatic heterocycles. The first-order chi connectivity index (χ1) is 12.5. The highest BCUT2D eigenvalue weighted by molar-refractivity contribution is 7.89. The Morgan fingerprint density at radius 2 is 2.04 bits per heavy atom. The van der Waals surface area contributed by atoms with Crippen LogP contribution >= 0.6 is 0 Å². The van der Waals surface area contributed by atoms with Gasteiger partial charge in [-0.2, -0.15) is 5.10 Å². The number of benzene rings is 1. The first kappa shape index (κ1) is 19.9. The van der Waals surface area contributed by atoms with Crippen LogP contribution in [0, 0.1) is 0 Å². The normalized spacial score (nSPS) is 12.2. The van der Waals surface area contributed by atoms with Gasteiger partial charge < -0.3 is 10.6 Å². The second-order valence-electron chi connectivity index (χ2n) is 5.75. The van der Waals surface area contributed by atoms with Crippen molar-refractivity contribution in [2.75, 3.05) is 19.6 Å². The molecule has 0 unspecified atom stereocenters. The van der Waals surface area contributed by atoms with Crippen molar-refractivity contribution in [2.45, 2.75) is 31.2 Å². The maximum absolute atomic E-state index is 11.3. The van der Waals surface area contributed by atoms with Crippen molar-refractivity contribution >= 4 is 16.0 Å². The number of nitrogens with one attached hydrogen (secondary N) is 2. The lowest BCUT2D eigenvalue weighted by atomic mass is 10.1. The molecule has 1 aromatic carbocycles. The van der Waals surface area contributed by atoms with E-state index in [1.54, 1.807) is 18.3 Å². The lowest BCUT2D eigenvalue weighted by Crippen LogP contribution is -2.38. The van der Waals surface area contributed by atoms with Crippen molar-refractivity contribution in [3.63, 3.8) is 0 Å². The van der Waals surface area contributed by atoms with E-state index in [1.807, 2.05) is 23.9 Å². The van der Waals surface area contributed by atoms with E-state index in [-0.39, 0.29) is 4.90 Å². The number of hydrogen-bond acceptors (Lipinski definition) is 4. The van der Waals surface area contributed by atoms with Crippen LogP contribution in [0.15, 0.2) is 52.6 Å². The van der Waals surface area contributed by atoms with Gasteiger partial charge in [0, 0.05) is 38.6 Å². The van der Waals surface area contributed by atoms with Crippen molar-refractivity contribution in [2.24, 2.45) is 10.1 Å². The summed E-state index contributed by atoms with van der Waals surface area (Å²) < 4.78 is 24.4. The Hall–Kier alpha value is -2.39. The molecule has 2 rings (SSSR count). The fourth-order valence-corrected chi connectivity index (χ4v) is 2.88. The summed E-state index contributed by atoms with van der Waals surface area (Å²) in [6.45, 7) is 5.05. The van der Waals surface area contributed by atoms with Crippen LogP contribution in [-0.2, 0) is 23.0 Å². The Bertz CT molecular complexity index is 785. The summed E-state index contributed by atoms with van der Waals surface area (Å²) in [5.41, 5.74) is 1.03. The predicted octanol–water partition coefficient (Wildman–Crippen LogP) is 0.718. The van der Waals surface area contributed by atoms with Gasteiger partial charge in [0.15, 0.2) is 5.96 Å². The van der Waals surface area contributed by atoms with Crippen LogP contribution in [0.5, 0.6) is 0 Å². The summed E-state index contributed by atoms with van der Waals surface area (Å²) in [4.78, 5) is 4.67. The van der Waals surface area contributed by atoms with Crippen LogP contribution in [0.25, 0.3) is 0 Å². The monoisotopic (exact) mass is 378 g/mol. The minimum Gasteiger partial charge on any atom is -0.357 e. The molecule has 0 saturated carbocycles. The molecule has 0 aliphatic carbocycles. The molecule has 1 heterocycles. The number of guanidine groups is 1. The molecule has 142 valence electrons. The Morgan fingerprint density at radius 1 is 1.27 bits per heavy atom. The number of primary sulfonamides is 1. The minimum atomic E-state index is -3.64. The highest BCUT2D eigenvalue weighted by atomic mass is 32.2. The quantitative estimate of drug-likeness (QED) is 0.338. The second kappa shape index (κ2) is 9.93. The van der Waals surface area contributed by atoms with Crippen molar-refractivity contribution in [3.05, 3.63) is 48.3 Å². The highest BCUT2D eigenvalue weighted by Crippen LogP contribution is 2.08. The van der Waals surface area contributed by atoms with Crippen molar-refractivity contribution < 1.29 is 8.42 Å². The van der Waals surface area contributed by atoms with Crippen molar-refractivity contribution in [3.8, 4) is 0 Å². The molecule has 0 spiro atoms. The molecule has 0 amide bonds. The average molecular weight is 379 g/mol. The third kappa shape index (κ3) is 6.85. The van der Waals surface area contributed by atoms with Gasteiger partial charge in [-0.1, -0.05) is 12.1 Å². The number of aromatic nitrogens is 2. The van der Waals surface area contributed by atoms with Gasteiger partial charge in [0.05, 0.1) is 4.90 Å². The van der Waals surface area contributed by atoms with Gasteiger partial charge in [0.1, 0.15) is 0 Å². The number of nitrogens with zero attached hydrogens (tertiary/aromatic N) is 3. The van der Waals surface area contributed by atoms with Gasteiger partial charge in [-0.3, -0.25) is 9.67 Å². The largest absolute Gasteiger partial charge is 0.357 e. The zero-order valence-corrected chi connectivity index (χ0v) is 15.7. The van der Waals surface area contributed by atoms with Crippen molar-refractivity contribution in [1.29, 1.82) is 0 Å². The van der Waals surface area contributed by atoms with E-state index >= 15 is 0 Å². The number of rotatable bonds is 9. The van der Waals surface area contributed by atoms with E-state index < -0.39 is 10.0 Å². The first-order valence-corrected chi connectivity index (χ1v) is 10.1. The molecule has 8 nitrogen and oxygen atoms in total. The molecule has 0 radical (unpaired) electrons. The van der Waals surface area contributed by atoms with E-state index in [4.69, 9.17) is 5.14 Å². The number of nitrogens with two attached hydrogens (primary N) is 1. The molecule has 26 heavy (non-hydrogen) atoms. The van der Waals surface area contributed by atoms with E-state index in [1.165, 1.54) is 12.1 Å². The molecule has 4 N–H and O–H groups in total. The Balaban J connectivity index is 1.77. The molecule has 9 heteroatoms. The summed E-state index contributed by atoms with van der Waals surface area (Å²) in [6.07, 6.45) is 5.37. The van der Waals surface area contributed by atoms with E-state index in [2.05, 4.69) is 20.7 Å². The molecule has 0 bridgehead atoms. The van der Waals surface area contributed by atoms with Crippen molar-refractivity contribution in [1.82, 2.24) is 20.4 Å². The van der Waals surface area contributed by atoms with Crippen LogP contribution < -0.4 is 15.8 Å². The van der Waals surface area contributed by atoms with Crippen LogP contribution in [0.4, 0.5) is 0 Å². The number of sulfonamides is 1. The fraction of sp³-hybridized carbons (Fsp3) is 0.412. The molecule has 0 fully saturated rings. The number of hydrogen-bond donors (Lipinski definition) is 3. The molecule has 2 aromatic rings. The van der Waals surface area contributed by atoms with Crippen LogP contribution in [-0.4, -0.2) is 43.8 Å². The number of aliphatic imine (C=N–C) groups is 1. The van der Waals surface area contributed by atoms with Crippen LogP contribution in [0.3, 0.4) is 0 Å². The van der Waals surface area contributed by atoms with Crippen LogP contribution in [0.2, 0.25) is 0 Å². The van der Waals surface area contributed by atoms with Gasteiger partial charge in [0.25, 0.3) is 0 Å². The summed E-state index contributed by atoms with van der Waals surface area (Å²) >= 11 is 0. The average Bonchev–Trinajstić information content (AvgIpc) is 3.12. The van der Waals surface area contributed by atoms with Crippen LogP contribution in [0.1, 0.15) is 18.9 Å². The zero-order valence-electron chi connectivity index (χ0n) is 14.9. The van der Waals surface area contributed by atoms with Gasteiger partial charge >= 0.3 is 0 Å². The fourth-order valence-electron chi connectivity index (χ4n) is 2.37. The summed E-state index contributed by atoms with van der Waals surface area (Å²) in [5, 5.41) is 15.8. The standard InChI is InChI=1S/C17H26N6O2S/c1-2-19-17(20-10-3-13-23-14-4-11-22-23)21-12-9-15-5-7-16(8-6-15)26(18,24)25/h4-8,11,14H,2-3,9-10,12-13H2,1H3,(H2,18,24,25)(H2,19,20,21). The molecule has 0 saturated heterocycles. The smallest absolute Gasteiger partial charge is 0.238 e. The Kier molecular flexibility index (Phi) is 7.61. The minimum absolute atomic E-state index is 0.126. The summed E-state index contributed by atoms with van der Waals surface area (Å²) in [5.74, 6) is 0.772. The first-order valence-electron chi connectivity index (χ1n) is 8.60. The number of aryl methyl sites for hydroxylation is 1. The van der Waals surface area contributed by atoms with Gasteiger partial charge in [-0.15, -0.1) is 0 Å². The third-order valence-electron chi connectivity index (χ3n) is 3.68. The Labute approximate surface area is 154 Å². The SMILES string of the molecule is CCNC(=NCCCn1cccn1)NCCc1ccc(S(N)(=O)=O)cc1. The molecule has 0 aliphatic rings. The van der Waals surface area contributed by atoms with Gasteiger partial charge in [0.2, 0.25) is 10.0 Å². The molecule has 1 aromatic heterocycles. The summed E-state index contributed by atoms with van der Waals surface area (Å²) in [6, 6.07) is 8.51. The lowest BCUT2D eigenvalue weighted by molar-refractivity contribution is 0.584. The zero-order chi connectivity index (χ0) is 18.8. The topological polar surface area (TPSA) is 114 Å². The molecular formula is C17H26N6O2S. The predicted molar refractivity (Wildman–Crippen MR) is 102 cm³/mol. The van der Waals surface area contributed by atoms with Gasteiger partial charge in [-0.25, -0.2) is 13.6 Å². The Morgan fingerprint density at radius 3 is 2.65 bits per heavy atom. The summed E-state index contributed by atoms with van der Waals surface area (Å²) in [7, 11) is -3.64. The molecule has 0 atom stereocenters. The van der Waals surface area contributed by atoms with E-state index in [9.17, 15) is 8.42 Å². The maximum atomic E-state index is 11.3.